The van der Waals surface area contributed by atoms with Gasteiger partial charge < -0.3 is 0 Å². The molecule has 0 aliphatic carbocycles. The Kier molecular flexibility index (Phi) is 1.25. The predicted octanol–water partition coefficient (Wildman–Crippen LogP) is 2.49. The molecule has 1 aliphatic rings. The van der Waals surface area contributed by atoms with Crippen LogP contribution in [0.2, 0.25) is 0 Å². The van der Waals surface area contributed by atoms with E-state index in [2.05, 4.69) is 16.0 Å². The highest BCUT2D eigenvalue weighted by Crippen LogP contribution is 2.30. The van der Waals surface area contributed by atoms with Crippen LogP contribution in [0.15, 0.2) is 35.5 Å². The van der Waals surface area contributed by atoms with Crippen molar-refractivity contribution in [2.75, 3.05) is 0 Å². The molecule has 62 valence electrons. The molecule has 1 aliphatic heterocycles. The first-order chi connectivity index (χ1) is 6.45. The first-order valence-electron chi connectivity index (χ1n) is 4.34. The van der Waals surface area contributed by atoms with Crippen LogP contribution in [0.1, 0.15) is 5.56 Å². The molecule has 0 bridgehead atoms. The van der Waals surface area contributed by atoms with Crippen LogP contribution in [0.5, 0.6) is 0 Å². The Labute approximate surface area is 76.0 Å². The second kappa shape index (κ2) is 2.39. The van der Waals surface area contributed by atoms with Crippen LogP contribution in [0.3, 0.4) is 0 Å². The lowest BCUT2D eigenvalue weighted by Crippen LogP contribution is -1.84. The molecule has 0 saturated heterocycles. The standard InChI is InChI=1S/C11H8N2/c1-2-8-9-5-7-13-11(9)4-3-10(8)12-6-1/h1-4,6-7H,5H2. The molecule has 1 aromatic heterocycles. The maximum Gasteiger partial charge on any atom is 0.0706 e. The number of hydrogen-bond acceptors (Lipinski definition) is 2. The van der Waals surface area contributed by atoms with Gasteiger partial charge in [-0.3, -0.25) is 9.98 Å². The Morgan fingerprint density at radius 1 is 1.15 bits per heavy atom. The molecule has 1 aromatic carbocycles. The minimum absolute atomic E-state index is 0.943. The van der Waals surface area contributed by atoms with Crippen LogP contribution < -0.4 is 0 Å². The zero-order chi connectivity index (χ0) is 8.67. The minimum atomic E-state index is 0.943. The monoisotopic (exact) mass is 168 g/mol. The van der Waals surface area contributed by atoms with Gasteiger partial charge in [-0.2, -0.15) is 0 Å². The van der Waals surface area contributed by atoms with E-state index >= 15 is 0 Å². The Morgan fingerprint density at radius 3 is 3.15 bits per heavy atom. The van der Waals surface area contributed by atoms with Crippen molar-refractivity contribution in [3.05, 3.63) is 36.0 Å². The van der Waals surface area contributed by atoms with Gasteiger partial charge in [-0.05, 0) is 23.8 Å². The summed E-state index contributed by atoms with van der Waals surface area (Å²) in [5.41, 5.74) is 3.47. The number of hydrogen-bond donors (Lipinski definition) is 0. The second-order valence-electron chi connectivity index (χ2n) is 3.15. The zero-order valence-electron chi connectivity index (χ0n) is 7.07. The molecule has 0 fully saturated rings. The van der Waals surface area contributed by atoms with Gasteiger partial charge in [-0.25, -0.2) is 0 Å². The van der Waals surface area contributed by atoms with Crippen LogP contribution in [-0.2, 0) is 6.42 Å². The zero-order valence-corrected chi connectivity index (χ0v) is 7.07. The smallest absolute Gasteiger partial charge is 0.0706 e. The number of aliphatic imine (C=N–C) groups is 1. The van der Waals surface area contributed by atoms with Crippen molar-refractivity contribution in [2.24, 2.45) is 4.99 Å². The number of pyridine rings is 1. The quantitative estimate of drug-likeness (QED) is 0.593. The molecule has 0 spiro atoms. The molecular weight excluding hydrogens is 160 g/mol. The summed E-state index contributed by atoms with van der Waals surface area (Å²) in [5, 5.41) is 1.23. The Bertz CT molecular complexity index is 500. The minimum Gasteiger partial charge on any atom is -0.261 e. The number of aromatic nitrogens is 1. The summed E-state index contributed by atoms with van der Waals surface area (Å²) in [6, 6.07) is 8.14. The van der Waals surface area contributed by atoms with E-state index < -0.39 is 0 Å². The van der Waals surface area contributed by atoms with Gasteiger partial charge >= 0.3 is 0 Å². The average Bonchev–Trinajstić information content (AvgIpc) is 2.65. The number of fused-ring (bicyclic) bond motifs is 3. The summed E-state index contributed by atoms with van der Waals surface area (Å²) in [6.45, 7) is 0. The highest BCUT2D eigenvalue weighted by molar-refractivity contribution is 5.92. The Balaban J connectivity index is 2.46. The van der Waals surface area contributed by atoms with E-state index in [4.69, 9.17) is 0 Å². The Morgan fingerprint density at radius 2 is 2.15 bits per heavy atom. The van der Waals surface area contributed by atoms with Crippen molar-refractivity contribution in [3.63, 3.8) is 0 Å². The highest BCUT2D eigenvalue weighted by atomic mass is 14.8. The third kappa shape index (κ3) is 0.886. The summed E-state index contributed by atoms with van der Waals surface area (Å²) in [7, 11) is 0. The fourth-order valence-electron chi connectivity index (χ4n) is 1.77. The molecule has 2 heteroatoms. The number of benzene rings is 1. The van der Waals surface area contributed by atoms with E-state index in [1.807, 2.05) is 30.6 Å². The predicted molar refractivity (Wildman–Crippen MR) is 53.6 cm³/mol. The molecule has 2 heterocycles. The lowest BCUT2D eigenvalue weighted by atomic mass is 10.1. The summed E-state index contributed by atoms with van der Waals surface area (Å²) in [6.07, 6.45) is 4.72. The van der Waals surface area contributed by atoms with Gasteiger partial charge in [0, 0.05) is 24.2 Å². The van der Waals surface area contributed by atoms with Crippen molar-refractivity contribution < 1.29 is 0 Å². The van der Waals surface area contributed by atoms with Gasteiger partial charge in [0.25, 0.3) is 0 Å². The van der Waals surface area contributed by atoms with Crippen LogP contribution in [-0.4, -0.2) is 11.2 Å². The van der Waals surface area contributed by atoms with E-state index in [0.717, 1.165) is 17.6 Å². The fourth-order valence-corrected chi connectivity index (χ4v) is 1.77. The molecule has 0 saturated carbocycles. The molecule has 0 unspecified atom stereocenters. The molecule has 2 aromatic rings. The highest BCUT2D eigenvalue weighted by Gasteiger charge is 2.09. The first kappa shape index (κ1) is 6.78. The van der Waals surface area contributed by atoms with Crippen LogP contribution in [0.25, 0.3) is 10.9 Å². The molecule has 3 rings (SSSR count). The lowest BCUT2D eigenvalue weighted by molar-refractivity contribution is 1.38. The van der Waals surface area contributed by atoms with Crippen molar-refractivity contribution >= 4 is 22.8 Å². The van der Waals surface area contributed by atoms with E-state index in [-0.39, 0.29) is 0 Å². The lowest BCUT2D eigenvalue weighted by Gasteiger charge is -2.01. The van der Waals surface area contributed by atoms with Crippen LogP contribution >= 0.6 is 0 Å². The third-order valence-corrected chi connectivity index (χ3v) is 2.40. The van der Waals surface area contributed by atoms with Gasteiger partial charge in [0.15, 0.2) is 0 Å². The molecule has 0 radical (unpaired) electrons. The summed E-state index contributed by atoms with van der Waals surface area (Å²) >= 11 is 0. The topological polar surface area (TPSA) is 25.2 Å². The second-order valence-corrected chi connectivity index (χ2v) is 3.15. The first-order valence-corrected chi connectivity index (χ1v) is 4.34. The molecular formula is C11H8N2. The van der Waals surface area contributed by atoms with Crippen LogP contribution in [0, 0.1) is 0 Å². The fraction of sp³-hybridized carbons (Fsp3) is 0.0909. The summed E-state index contributed by atoms with van der Waals surface area (Å²) < 4.78 is 0. The van der Waals surface area contributed by atoms with E-state index in [9.17, 15) is 0 Å². The van der Waals surface area contributed by atoms with Gasteiger partial charge in [0.05, 0.1) is 11.2 Å². The van der Waals surface area contributed by atoms with E-state index in [1.165, 1.54) is 10.9 Å². The molecule has 0 amide bonds. The largest absolute Gasteiger partial charge is 0.261 e. The van der Waals surface area contributed by atoms with Gasteiger partial charge in [-0.15, -0.1) is 0 Å². The normalized spacial score (nSPS) is 13.5. The SMILES string of the molecule is C1=Nc2ccc3ncccc3c2C1. The number of nitrogens with zero attached hydrogens (tertiary/aromatic N) is 2. The molecule has 0 atom stereocenters. The maximum absolute atomic E-state index is 4.30. The van der Waals surface area contributed by atoms with Crippen molar-refractivity contribution in [2.45, 2.75) is 6.42 Å². The van der Waals surface area contributed by atoms with Crippen LogP contribution in [0.4, 0.5) is 5.69 Å². The third-order valence-electron chi connectivity index (χ3n) is 2.40. The van der Waals surface area contributed by atoms with E-state index in [0.29, 0.717) is 0 Å². The molecule has 13 heavy (non-hydrogen) atoms. The van der Waals surface area contributed by atoms with Gasteiger partial charge in [0.2, 0.25) is 0 Å². The summed E-state index contributed by atoms with van der Waals surface area (Å²) in [5.74, 6) is 0. The van der Waals surface area contributed by atoms with Crippen molar-refractivity contribution in [1.29, 1.82) is 0 Å². The molecule has 2 nitrogen and oxygen atoms in total. The van der Waals surface area contributed by atoms with Crippen molar-refractivity contribution in [1.82, 2.24) is 4.98 Å². The Hall–Kier alpha value is -1.70. The number of rotatable bonds is 0. The summed E-state index contributed by atoms with van der Waals surface area (Å²) in [4.78, 5) is 8.60. The average molecular weight is 168 g/mol. The van der Waals surface area contributed by atoms with E-state index in [1.54, 1.807) is 0 Å². The van der Waals surface area contributed by atoms with Gasteiger partial charge in [0.1, 0.15) is 0 Å². The maximum atomic E-state index is 4.30. The van der Waals surface area contributed by atoms with Crippen molar-refractivity contribution in [3.8, 4) is 0 Å². The van der Waals surface area contributed by atoms with Gasteiger partial charge in [-0.1, -0.05) is 6.07 Å². The molecule has 0 N–H and O–H groups in total.